The van der Waals surface area contributed by atoms with Crippen molar-refractivity contribution in [3.8, 4) is 0 Å². The summed E-state index contributed by atoms with van der Waals surface area (Å²) in [5.41, 5.74) is 3.32. The summed E-state index contributed by atoms with van der Waals surface area (Å²) >= 11 is 6.23. The summed E-state index contributed by atoms with van der Waals surface area (Å²) in [7, 11) is 2.02. The van der Waals surface area contributed by atoms with Crippen molar-refractivity contribution in [1.29, 1.82) is 0 Å². The predicted molar refractivity (Wildman–Crippen MR) is 107 cm³/mol. The van der Waals surface area contributed by atoms with Crippen LogP contribution in [0.4, 0.5) is 0 Å². The third kappa shape index (κ3) is 4.12. The van der Waals surface area contributed by atoms with Gasteiger partial charge in [0.15, 0.2) is 5.82 Å². The molecular weight excluding hydrogens is 358 g/mol. The number of halogens is 1. The molecule has 136 valence electrons. The van der Waals surface area contributed by atoms with E-state index in [0.717, 1.165) is 24.1 Å². The molecule has 0 saturated carbocycles. The standard InChI is InChI=1S/C22H20ClN3O/c1-26-12-6-10-18(15-26)21-24-22(27-25-21)20(13-16-7-3-2-4-8-16)17-9-5-11-19(23)14-17/h2-12,14,20H,13,15H2,1H3. The van der Waals surface area contributed by atoms with Crippen LogP contribution in [0.2, 0.25) is 5.02 Å². The Kier molecular flexibility index (Phi) is 5.07. The molecule has 3 aromatic rings. The topological polar surface area (TPSA) is 42.2 Å². The normalized spacial score (nSPS) is 14.9. The van der Waals surface area contributed by atoms with Crippen molar-refractivity contribution >= 4 is 17.2 Å². The van der Waals surface area contributed by atoms with Crippen LogP contribution in [0.1, 0.15) is 28.8 Å². The highest BCUT2D eigenvalue weighted by atomic mass is 35.5. The molecule has 4 rings (SSSR count). The first-order valence-corrected chi connectivity index (χ1v) is 9.28. The number of nitrogens with zero attached hydrogens (tertiary/aromatic N) is 3. The number of rotatable bonds is 5. The minimum Gasteiger partial charge on any atom is -0.376 e. The molecule has 1 atom stereocenters. The average Bonchev–Trinajstić information content (AvgIpc) is 3.17. The molecule has 0 N–H and O–H groups in total. The van der Waals surface area contributed by atoms with Crippen molar-refractivity contribution in [2.24, 2.45) is 0 Å². The van der Waals surface area contributed by atoms with Gasteiger partial charge in [0.25, 0.3) is 0 Å². The lowest BCUT2D eigenvalue weighted by atomic mass is 9.92. The maximum absolute atomic E-state index is 6.23. The van der Waals surface area contributed by atoms with Gasteiger partial charge in [0, 0.05) is 24.2 Å². The largest absolute Gasteiger partial charge is 0.376 e. The summed E-state index contributed by atoms with van der Waals surface area (Å²) < 4.78 is 5.69. The SMILES string of the molecule is CN1C=CC=C(c2noc(C(Cc3ccccc3)c3cccc(Cl)c3)n2)C1. The molecule has 0 aliphatic carbocycles. The van der Waals surface area contributed by atoms with Crippen LogP contribution in [0, 0.1) is 0 Å². The van der Waals surface area contributed by atoms with Crippen LogP contribution >= 0.6 is 11.6 Å². The number of benzene rings is 2. The van der Waals surface area contributed by atoms with Crippen LogP contribution < -0.4 is 0 Å². The number of hydrogen-bond donors (Lipinski definition) is 0. The van der Waals surface area contributed by atoms with E-state index >= 15 is 0 Å². The van der Waals surface area contributed by atoms with Crippen molar-refractivity contribution in [3.05, 3.63) is 101 Å². The number of hydrogen-bond acceptors (Lipinski definition) is 4. The smallest absolute Gasteiger partial charge is 0.234 e. The van der Waals surface area contributed by atoms with Crippen molar-refractivity contribution in [2.45, 2.75) is 12.3 Å². The Morgan fingerprint density at radius 1 is 1.15 bits per heavy atom. The maximum Gasteiger partial charge on any atom is 0.234 e. The van der Waals surface area contributed by atoms with E-state index < -0.39 is 0 Å². The molecular formula is C22H20ClN3O. The van der Waals surface area contributed by atoms with Crippen LogP contribution in [0.15, 0.2) is 77.5 Å². The third-order valence-electron chi connectivity index (χ3n) is 4.62. The molecule has 0 radical (unpaired) electrons. The van der Waals surface area contributed by atoms with Crippen molar-refractivity contribution in [2.75, 3.05) is 13.6 Å². The second-order valence-electron chi connectivity index (χ2n) is 6.70. The summed E-state index contributed by atoms with van der Waals surface area (Å²) in [6.07, 6.45) is 6.81. The number of allylic oxidation sites excluding steroid dienone is 2. The first kappa shape index (κ1) is 17.6. The molecule has 0 fully saturated rings. The van der Waals surface area contributed by atoms with Gasteiger partial charge >= 0.3 is 0 Å². The van der Waals surface area contributed by atoms with Gasteiger partial charge in [0.2, 0.25) is 5.89 Å². The summed E-state index contributed by atoms with van der Waals surface area (Å²) in [6.45, 7) is 0.760. The quantitative estimate of drug-likeness (QED) is 0.631. The highest BCUT2D eigenvalue weighted by Gasteiger charge is 2.23. The maximum atomic E-state index is 6.23. The Bertz CT molecular complexity index is 978. The van der Waals surface area contributed by atoms with E-state index in [4.69, 9.17) is 21.1 Å². The van der Waals surface area contributed by atoms with Gasteiger partial charge in [-0.3, -0.25) is 0 Å². The lowest BCUT2D eigenvalue weighted by Crippen LogP contribution is -2.16. The summed E-state index contributed by atoms with van der Waals surface area (Å²) in [6, 6.07) is 18.2. The Hall–Kier alpha value is -2.85. The molecule has 2 heterocycles. The van der Waals surface area contributed by atoms with Gasteiger partial charge in [-0.2, -0.15) is 4.98 Å². The van der Waals surface area contributed by atoms with Crippen LogP contribution in [0.5, 0.6) is 0 Å². The van der Waals surface area contributed by atoms with Gasteiger partial charge in [0.1, 0.15) is 0 Å². The Balaban J connectivity index is 1.68. The third-order valence-corrected chi connectivity index (χ3v) is 4.85. The summed E-state index contributed by atoms with van der Waals surface area (Å²) in [5.74, 6) is 1.19. The zero-order valence-electron chi connectivity index (χ0n) is 15.0. The van der Waals surface area contributed by atoms with Crippen molar-refractivity contribution in [1.82, 2.24) is 15.0 Å². The molecule has 0 amide bonds. The summed E-state index contributed by atoms with van der Waals surface area (Å²) in [5, 5.41) is 4.94. The second-order valence-corrected chi connectivity index (χ2v) is 7.14. The van der Waals surface area contributed by atoms with Gasteiger partial charge in [-0.25, -0.2) is 0 Å². The second kappa shape index (κ2) is 7.80. The Morgan fingerprint density at radius 3 is 2.78 bits per heavy atom. The fourth-order valence-electron chi connectivity index (χ4n) is 3.25. The van der Waals surface area contributed by atoms with E-state index in [2.05, 4.69) is 28.3 Å². The Labute approximate surface area is 163 Å². The fourth-order valence-corrected chi connectivity index (χ4v) is 3.45. The van der Waals surface area contributed by atoms with Gasteiger partial charge in [0.05, 0.1) is 5.92 Å². The first-order chi connectivity index (χ1) is 13.2. The van der Waals surface area contributed by atoms with E-state index in [0.29, 0.717) is 16.7 Å². The monoisotopic (exact) mass is 377 g/mol. The molecule has 1 aromatic heterocycles. The molecule has 5 heteroatoms. The molecule has 4 nitrogen and oxygen atoms in total. The zero-order chi connectivity index (χ0) is 18.6. The molecule has 1 aliphatic heterocycles. The van der Waals surface area contributed by atoms with Gasteiger partial charge < -0.3 is 9.42 Å². The van der Waals surface area contributed by atoms with Crippen LogP contribution in [-0.2, 0) is 6.42 Å². The van der Waals surface area contributed by atoms with E-state index in [1.165, 1.54) is 5.56 Å². The lowest BCUT2D eigenvalue weighted by Gasteiger charge is -2.17. The zero-order valence-corrected chi connectivity index (χ0v) is 15.8. The molecule has 0 spiro atoms. The first-order valence-electron chi connectivity index (χ1n) is 8.90. The summed E-state index contributed by atoms with van der Waals surface area (Å²) in [4.78, 5) is 6.81. The van der Waals surface area contributed by atoms with Gasteiger partial charge in [-0.05, 0) is 42.0 Å². The lowest BCUT2D eigenvalue weighted by molar-refractivity contribution is 0.362. The highest BCUT2D eigenvalue weighted by molar-refractivity contribution is 6.30. The average molecular weight is 378 g/mol. The minimum atomic E-state index is -0.0511. The fraction of sp³-hybridized carbons (Fsp3) is 0.182. The molecule has 27 heavy (non-hydrogen) atoms. The van der Waals surface area contributed by atoms with Crippen molar-refractivity contribution < 1.29 is 4.52 Å². The van der Waals surface area contributed by atoms with Crippen LogP contribution in [0.25, 0.3) is 5.57 Å². The molecule has 0 bridgehead atoms. The predicted octanol–water partition coefficient (Wildman–Crippen LogP) is 4.94. The van der Waals surface area contributed by atoms with E-state index in [9.17, 15) is 0 Å². The minimum absolute atomic E-state index is 0.0511. The van der Waals surface area contributed by atoms with E-state index in [1.54, 1.807) is 0 Å². The van der Waals surface area contributed by atoms with Crippen molar-refractivity contribution in [3.63, 3.8) is 0 Å². The molecule has 1 aliphatic rings. The highest BCUT2D eigenvalue weighted by Crippen LogP contribution is 2.30. The molecule has 2 aromatic carbocycles. The number of aromatic nitrogens is 2. The van der Waals surface area contributed by atoms with E-state index in [1.807, 2.05) is 61.8 Å². The number of likely N-dealkylation sites (N-methyl/N-ethyl adjacent to an activating group) is 1. The molecule has 0 saturated heterocycles. The van der Waals surface area contributed by atoms with E-state index in [-0.39, 0.29) is 5.92 Å². The van der Waals surface area contributed by atoms with Crippen LogP contribution in [-0.4, -0.2) is 28.6 Å². The van der Waals surface area contributed by atoms with Gasteiger partial charge in [-0.1, -0.05) is 65.3 Å². The van der Waals surface area contributed by atoms with Gasteiger partial charge in [-0.15, -0.1) is 0 Å². The van der Waals surface area contributed by atoms with Crippen LogP contribution in [0.3, 0.4) is 0 Å². The molecule has 1 unspecified atom stereocenters. The Morgan fingerprint density at radius 2 is 2.00 bits per heavy atom.